The van der Waals surface area contributed by atoms with Gasteiger partial charge in [0.25, 0.3) is 5.88 Å². The first kappa shape index (κ1) is 12.7. The molecular formula is C14H21N3OS. The fourth-order valence-electron chi connectivity index (χ4n) is 1.93. The van der Waals surface area contributed by atoms with E-state index in [4.69, 9.17) is 6.11 Å². The van der Waals surface area contributed by atoms with Crippen LogP contribution in [0.2, 0.25) is 0 Å². The van der Waals surface area contributed by atoms with Crippen molar-refractivity contribution in [3.63, 3.8) is 0 Å². The molecule has 0 saturated carbocycles. The van der Waals surface area contributed by atoms with E-state index in [1.165, 1.54) is 31.0 Å². The van der Waals surface area contributed by atoms with Crippen LogP contribution in [-0.2, 0) is 0 Å². The minimum Gasteiger partial charge on any atom is -0.475 e. The van der Waals surface area contributed by atoms with E-state index in [1.54, 1.807) is 0 Å². The van der Waals surface area contributed by atoms with Gasteiger partial charge in [-0.2, -0.15) is 4.37 Å². The van der Waals surface area contributed by atoms with Crippen molar-refractivity contribution in [2.45, 2.75) is 32.6 Å². The Morgan fingerprint density at radius 1 is 1.42 bits per heavy atom. The predicted octanol–water partition coefficient (Wildman–Crippen LogP) is 3.34. The zero-order valence-electron chi connectivity index (χ0n) is 12.3. The molecule has 19 heavy (non-hydrogen) atoms. The van der Waals surface area contributed by atoms with Gasteiger partial charge in [0, 0.05) is 20.5 Å². The third-order valence-electron chi connectivity index (χ3n) is 2.97. The van der Waals surface area contributed by atoms with E-state index in [-0.39, 0.29) is 7.02 Å². The van der Waals surface area contributed by atoms with Crippen molar-refractivity contribution in [1.29, 1.82) is 0 Å². The molecule has 0 saturated heterocycles. The van der Waals surface area contributed by atoms with Gasteiger partial charge in [0.1, 0.15) is 5.69 Å². The lowest BCUT2D eigenvalue weighted by Crippen LogP contribution is -2.16. The molecule has 1 aromatic rings. The maximum absolute atomic E-state index is 7.42. The molecule has 0 radical (unpaired) electrons. The molecule has 0 spiro atoms. The van der Waals surface area contributed by atoms with Crippen LogP contribution in [0.5, 0.6) is 5.88 Å². The molecular weight excluding hydrogens is 258 g/mol. The first-order valence-corrected chi connectivity index (χ1v) is 7.44. The average Bonchev–Trinajstić information content (AvgIpc) is 2.95. The normalized spacial score (nSPS) is 15.3. The summed E-state index contributed by atoms with van der Waals surface area (Å²) < 4.78 is 21.8. The molecule has 104 valence electrons. The Kier molecular flexibility index (Phi) is 4.85. The summed E-state index contributed by atoms with van der Waals surface area (Å²) in [6, 6.07) is 0. The highest BCUT2D eigenvalue weighted by molar-refractivity contribution is 6.99. The fraction of sp³-hybridized carbons (Fsp3) is 0.571. The Hall–Kier alpha value is -1.36. The van der Waals surface area contributed by atoms with Gasteiger partial charge in [-0.05, 0) is 18.7 Å². The first-order valence-electron chi connectivity index (χ1n) is 7.42. The fourth-order valence-corrected chi connectivity index (χ4v) is 2.46. The largest absolute Gasteiger partial charge is 0.475 e. The molecule has 0 amide bonds. The molecule has 0 aliphatic carbocycles. The number of unbranched alkanes of at least 4 members (excludes halogenated alkanes) is 3. The van der Waals surface area contributed by atoms with E-state index < -0.39 is 0 Å². The molecule has 2 rings (SSSR count). The smallest absolute Gasteiger partial charge is 0.253 e. The number of likely N-dealkylation sites (N-methyl/N-ethyl adjacent to an activating group) is 1. The molecule has 0 fully saturated rings. The van der Waals surface area contributed by atoms with Crippen LogP contribution in [0.15, 0.2) is 18.4 Å². The molecule has 2 heterocycles. The zero-order valence-corrected chi connectivity index (χ0v) is 12.2. The summed E-state index contributed by atoms with van der Waals surface area (Å²) in [5.74, 6) is 0.637. The molecule has 0 bridgehead atoms. The SMILES string of the molecule is [2H]CN1C=CC=C(c2nsnc2OCCCCCC)C1. The predicted molar refractivity (Wildman–Crippen MR) is 79.3 cm³/mol. The maximum atomic E-state index is 7.42. The van der Waals surface area contributed by atoms with Gasteiger partial charge in [-0.1, -0.05) is 32.3 Å². The highest BCUT2D eigenvalue weighted by atomic mass is 32.1. The third kappa shape index (κ3) is 4.06. The van der Waals surface area contributed by atoms with E-state index in [0.717, 1.165) is 17.7 Å². The van der Waals surface area contributed by atoms with Crippen LogP contribution in [0.3, 0.4) is 0 Å². The summed E-state index contributed by atoms with van der Waals surface area (Å²) in [6.07, 6.45) is 10.6. The maximum Gasteiger partial charge on any atom is 0.253 e. The van der Waals surface area contributed by atoms with Crippen LogP contribution in [0.4, 0.5) is 0 Å². The highest BCUT2D eigenvalue weighted by Crippen LogP contribution is 2.26. The Labute approximate surface area is 120 Å². The Bertz CT molecular complexity index is 473. The van der Waals surface area contributed by atoms with E-state index in [9.17, 15) is 0 Å². The molecule has 4 nitrogen and oxygen atoms in total. The minimum absolute atomic E-state index is 0.249. The number of hydrogen-bond acceptors (Lipinski definition) is 5. The lowest BCUT2D eigenvalue weighted by atomic mass is 10.1. The Morgan fingerprint density at radius 2 is 2.37 bits per heavy atom. The number of ether oxygens (including phenoxy) is 1. The number of nitrogens with zero attached hydrogens (tertiary/aromatic N) is 3. The summed E-state index contributed by atoms with van der Waals surface area (Å²) in [7, 11) is 0.249. The lowest BCUT2D eigenvalue weighted by molar-refractivity contribution is 0.295. The molecule has 0 unspecified atom stereocenters. The Balaban J connectivity index is 1.91. The van der Waals surface area contributed by atoms with E-state index in [1.807, 2.05) is 23.3 Å². The van der Waals surface area contributed by atoms with Crippen LogP contribution in [-0.4, -0.2) is 33.8 Å². The van der Waals surface area contributed by atoms with Crippen LogP contribution >= 0.6 is 11.7 Å². The summed E-state index contributed by atoms with van der Waals surface area (Å²) in [5, 5.41) is 0. The highest BCUT2D eigenvalue weighted by Gasteiger charge is 2.16. The summed E-state index contributed by atoms with van der Waals surface area (Å²) in [5.41, 5.74) is 1.89. The molecule has 0 aromatic carbocycles. The van der Waals surface area contributed by atoms with Gasteiger partial charge in [0.05, 0.1) is 18.3 Å². The van der Waals surface area contributed by atoms with Crippen molar-refractivity contribution in [1.82, 2.24) is 13.6 Å². The molecule has 0 N–H and O–H groups in total. The van der Waals surface area contributed by atoms with Gasteiger partial charge in [-0.25, -0.2) is 0 Å². The second-order valence-corrected chi connectivity index (χ2v) is 5.14. The summed E-state index contributed by atoms with van der Waals surface area (Å²) in [6.45, 7) is 3.59. The van der Waals surface area contributed by atoms with Crippen molar-refractivity contribution < 1.29 is 6.11 Å². The van der Waals surface area contributed by atoms with Crippen molar-refractivity contribution >= 4 is 17.3 Å². The van der Waals surface area contributed by atoms with Crippen molar-refractivity contribution in [2.24, 2.45) is 0 Å². The van der Waals surface area contributed by atoms with Crippen molar-refractivity contribution in [2.75, 3.05) is 20.2 Å². The number of aromatic nitrogens is 2. The molecule has 1 aromatic heterocycles. The van der Waals surface area contributed by atoms with Crippen molar-refractivity contribution in [3.05, 3.63) is 24.0 Å². The minimum atomic E-state index is 0.249. The number of allylic oxidation sites excluding steroid dienone is 2. The van der Waals surface area contributed by atoms with Crippen LogP contribution in [0.25, 0.3) is 5.57 Å². The van der Waals surface area contributed by atoms with E-state index >= 15 is 0 Å². The first-order chi connectivity index (χ1) is 9.85. The average molecular weight is 280 g/mol. The molecule has 5 heteroatoms. The van der Waals surface area contributed by atoms with Gasteiger partial charge >= 0.3 is 0 Å². The van der Waals surface area contributed by atoms with Crippen LogP contribution in [0, 0.1) is 0 Å². The molecule has 1 aliphatic heterocycles. The molecule has 1 aliphatic rings. The van der Waals surface area contributed by atoms with Crippen LogP contribution < -0.4 is 4.74 Å². The van der Waals surface area contributed by atoms with Gasteiger partial charge in [0.15, 0.2) is 0 Å². The third-order valence-corrected chi connectivity index (χ3v) is 3.48. The lowest BCUT2D eigenvalue weighted by Gasteiger charge is -2.18. The van der Waals surface area contributed by atoms with Gasteiger partial charge in [-0.15, -0.1) is 4.37 Å². The van der Waals surface area contributed by atoms with Crippen LogP contribution in [0.1, 0.15) is 39.7 Å². The summed E-state index contributed by atoms with van der Waals surface area (Å²) >= 11 is 1.18. The van der Waals surface area contributed by atoms with Gasteiger partial charge < -0.3 is 9.64 Å². The van der Waals surface area contributed by atoms with Gasteiger partial charge in [-0.3, -0.25) is 0 Å². The van der Waals surface area contributed by atoms with Gasteiger partial charge in [0.2, 0.25) is 0 Å². The van der Waals surface area contributed by atoms with E-state index in [0.29, 0.717) is 19.0 Å². The topological polar surface area (TPSA) is 38.2 Å². The van der Waals surface area contributed by atoms with E-state index in [2.05, 4.69) is 15.7 Å². The van der Waals surface area contributed by atoms with Crippen molar-refractivity contribution in [3.8, 4) is 5.88 Å². The monoisotopic (exact) mass is 280 g/mol. The zero-order chi connectivity index (χ0) is 14.2. The quantitative estimate of drug-likeness (QED) is 0.718. The molecule has 0 atom stereocenters. The second kappa shape index (κ2) is 7.28. The number of rotatable bonds is 7. The summed E-state index contributed by atoms with van der Waals surface area (Å²) in [4.78, 5) is 1.92. The second-order valence-electron chi connectivity index (χ2n) is 4.61. The standard InChI is InChI=1S/C14H21N3OS/c1-3-4-5-6-10-18-14-13(15-19-16-14)12-8-7-9-17(2)11-12/h7-9H,3-6,10-11H2,1-2H3/i2D. The Morgan fingerprint density at radius 3 is 3.21 bits per heavy atom. The number of hydrogen-bond donors (Lipinski definition) is 0.